The molecule has 2 aromatic rings. The molecule has 19 heavy (non-hydrogen) atoms. The van der Waals surface area contributed by atoms with Crippen molar-refractivity contribution in [2.75, 3.05) is 0 Å². The molecule has 1 aliphatic heterocycles. The first-order chi connectivity index (χ1) is 8.99. The lowest BCUT2D eigenvalue weighted by atomic mass is 10.0. The highest BCUT2D eigenvalue weighted by Gasteiger charge is 2.31. The van der Waals surface area contributed by atoms with E-state index in [2.05, 4.69) is 0 Å². The minimum Gasteiger partial charge on any atom is -0.452 e. The molecule has 0 unspecified atom stereocenters. The summed E-state index contributed by atoms with van der Waals surface area (Å²) in [5.41, 5.74) is 0.723. The quantitative estimate of drug-likeness (QED) is 0.680. The maximum atomic E-state index is 12.1. The number of hydrogen-bond acceptors (Lipinski definition) is 4. The molecule has 0 fully saturated rings. The van der Waals surface area contributed by atoms with E-state index < -0.39 is 5.63 Å². The van der Waals surface area contributed by atoms with Crippen molar-refractivity contribution in [3.63, 3.8) is 0 Å². The van der Waals surface area contributed by atoms with Gasteiger partial charge in [-0.2, -0.15) is 0 Å². The second-order valence-corrected chi connectivity index (χ2v) is 4.81. The number of aryl methyl sites for hydroxylation is 1. The highest BCUT2D eigenvalue weighted by Crippen LogP contribution is 2.37. The lowest BCUT2D eigenvalue weighted by Crippen LogP contribution is -2.02. The fourth-order valence-electron chi connectivity index (χ4n) is 2.26. The van der Waals surface area contributed by atoms with Crippen molar-refractivity contribution in [2.45, 2.75) is 20.8 Å². The number of ketones is 1. The zero-order valence-corrected chi connectivity index (χ0v) is 10.9. The molecule has 1 aliphatic rings. The summed E-state index contributed by atoms with van der Waals surface area (Å²) in [5.74, 6) is 0.955. The molecule has 1 aromatic heterocycles. The summed E-state index contributed by atoms with van der Waals surface area (Å²) in [6.07, 6.45) is 0. The average Bonchev–Trinajstić information content (AvgIpc) is 2.66. The van der Waals surface area contributed by atoms with Crippen molar-refractivity contribution in [3.8, 4) is 5.75 Å². The maximum absolute atomic E-state index is 12.1. The molecule has 0 saturated carbocycles. The highest BCUT2D eigenvalue weighted by atomic mass is 16.5. The molecule has 3 rings (SSSR count). The SMILES string of the molecule is CC(C)=C1Oc2c(ccc3cc(C)oc(=O)c23)C1=O. The normalized spacial score (nSPS) is 13.6. The third-order valence-electron chi connectivity index (χ3n) is 3.12. The van der Waals surface area contributed by atoms with Gasteiger partial charge in [-0.05, 0) is 43.9 Å². The first-order valence-electron chi connectivity index (χ1n) is 5.96. The summed E-state index contributed by atoms with van der Waals surface area (Å²) < 4.78 is 10.7. The van der Waals surface area contributed by atoms with Gasteiger partial charge in [0.15, 0.2) is 11.5 Å². The lowest BCUT2D eigenvalue weighted by molar-refractivity contribution is 0.101. The first kappa shape index (κ1) is 11.7. The van der Waals surface area contributed by atoms with Gasteiger partial charge in [-0.3, -0.25) is 4.79 Å². The molecule has 0 saturated heterocycles. The largest absolute Gasteiger partial charge is 0.452 e. The lowest BCUT2D eigenvalue weighted by Gasteiger charge is -2.03. The third kappa shape index (κ3) is 1.60. The Morgan fingerprint density at radius 3 is 2.58 bits per heavy atom. The van der Waals surface area contributed by atoms with E-state index in [0.717, 1.165) is 11.0 Å². The standard InChI is InChI=1S/C15H12O4/c1-7(2)13-12(16)10-5-4-9-6-8(3)18-15(17)11(9)14(10)19-13/h4-6H,1-3H3. The van der Waals surface area contributed by atoms with Crippen LogP contribution >= 0.6 is 0 Å². The van der Waals surface area contributed by atoms with Crippen molar-refractivity contribution in [2.24, 2.45) is 0 Å². The molecule has 0 spiro atoms. The Bertz CT molecular complexity index is 805. The minimum absolute atomic E-state index is 0.183. The zero-order valence-electron chi connectivity index (χ0n) is 10.9. The van der Waals surface area contributed by atoms with Crippen molar-refractivity contribution in [1.29, 1.82) is 0 Å². The van der Waals surface area contributed by atoms with Gasteiger partial charge in [-0.25, -0.2) is 4.79 Å². The van der Waals surface area contributed by atoms with Crippen LogP contribution < -0.4 is 10.4 Å². The third-order valence-corrected chi connectivity index (χ3v) is 3.12. The van der Waals surface area contributed by atoms with Crippen LogP contribution in [0.25, 0.3) is 10.8 Å². The average molecular weight is 256 g/mol. The monoisotopic (exact) mass is 256 g/mol. The number of carbonyl (C=O) groups excluding carboxylic acids is 1. The highest BCUT2D eigenvalue weighted by molar-refractivity contribution is 6.16. The number of Topliss-reactive ketones (excluding diaryl/α,β-unsaturated/α-hetero) is 1. The second-order valence-electron chi connectivity index (χ2n) is 4.81. The van der Waals surface area contributed by atoms with Crippen LogP contribution in [0, 0.1) is 6.92 Å². The molecule has 1 aromatic carbocycles. The van der Waals surface area contributed by atoms with E-state index in [1.54, 1.807) is 39.0 Å². The van der Waals surface area contributed by atoms with Gasteiger partial charge in [-0.15, -0.1) is 0 Å². The summed E-state index contributed by atoms with van der Waals surface area (Å²) in [6, 6.07) is 5.19. The number of ether oxygens (including phenoxy) is 1. The number of fused-ring (bicyclic) bond motifs is 3. The Morgan fingerprint density at radius 1 is 1.16 bits per heavy atom. The molecule has 96 valence electrons. The fourth-order valence-corrected chi connectivity index (χ4v) is 2.26. The van der Waals surface area contributed by atoms with Crippen LogP contribution in [-0.4, -0.2) is 5.78 Å². The summed E-state index contributed by atoms with van der Waals surface area (Å²) >= 11 is 0. The minimum atomic E-state index is -0.477. The Labute approximate surface area is 109 Å². The van der Waals surface area contributed by atoms with Gasteiger partial charge < -0.3 is 9.15 Å². The Morgan fingerprint density at radius 2 is 1.89 bits per heavy atom. The van der Waals surface area contributed by atoms with Crippen LogP contribution in [-0.2, 0) is 0 Å². The fraction of sp³-hybridized carbons (Fsp3) is 0.200. The van der Waals surface area contributed by atoms with Gasteiger partial charge in [-0.1, -0.05) is 6.07 Å². The summed E-state index contributed by atoms with van der Waals surface area (Å²) in [7, 11) is 0. The van der Waals surface area contributed by atoms with E-state index >= 15 is 0 Å². The number of rotatable bonds is 0. The van der Waals surface area contributed by atoms with Crippen LogP contribution in [0.2, 0.25) is 0 Å². The molecule has 0 bridgehead atoms. The molecule has 4 heteroatoms. The van der Waals surface area contributed by atoms with Gasteiger partial charge >= 0.3 is 5.63 Å². The van der Waals surface area contributed by atoms with Crippen molar-refractivity contribution in [1.82, 2.24) is 0 Å². The van der Waals surface area contributed by atoms with Crippen LogP contribution in [0.15, 0.2) is 38.7 Å². The van der Waals surface area contributed by atoms with Gasteiger partial charge in [0, 0.05) is 0 Å². The van der Waals surface area contributed by atoms with E-state index in [9.17, 15) is 9.59 Å². The Balaban J connectivity index is 2.41. The van der Waals surface area contributed by atoms with Crippen LogP contribution in [0.1, 0.15) is 30.0 Å². The van der Waals surface area contributed by atoms with E-state index in [1.807, 2.05) is 0 Å². The van der Waals surface area contributed by atoms with Gasteiger partial charge in [0.1, 0.15) is 11.1 Å². The number of allylic oxidation sites excluding steroid dienone is 2. The predicted octanol–water partition coefficient (Wildman–Crippen LogP) is 2.97. The molecular formula is C15H12O4. The van der Waals surface area contributed by atoms with Gasteiger partial charge in [0.05, 0.1) is 5.56 Å². The van der Waals surface area contributed by atoms with Crippen LogP contribution in [0.5, 0.6) is 5.75 Å². The summed E-state index contributed by atoms with van der Waals surface area (Å²) in [6.45, 7) is 5.31. The molecule has 4 nitrogen and oxygen atoms in total. The van der Waals surface area contributed by atoms with Crippen molar-refractivity contribution in [3.05, 3.63) is 51.3 Å². The Kier molecular flexibility index (Phi) is 2.35. The van der Waals surface area contributed by atoms with E-state index in [0.29, 0.717) is 28.2 Å². The predicted molar refractivity (Wildman–Crippen MR) is 70.6 cm³/mol. The first-order valence-corrected chi connectivity index (χ1v) is 5.96. The van der Waals surface area contributed by atoms with Crippen molar-refractivity contribution < 1.29 is 13.9 Å². The summed E-state index contributed by atoms with van der Waals surface area (Å²) in [5, 5.41) is 1.04. The molecule has 2 heterocycles. The summed E-state index contributed by atoms with van der Waals surface area (Å²) in [4.78, 5) is 24.1. The van der Waals surface area contributed by atoms with E-state index in [4.69, 9.17) is 9.15 Å². The molecule has 0 radical (unpaired) electrons. The second kappa shape index (κ2) is 3.82. The van der Waals surface area contributed by atoms with Gasteiger partial charge in [0.2, 0.25) is 5.78 Å². The smallest absolute Gasteiger partial charge is 0.347 e. The molecular weight excluding hydrogens is 244 g/mol. The topological polar surface area (TPSA) is 56.5 Å². The molecule has 0 N–H and O–H groups in total. The number of benzene rings is 1. The van der Waals surface area contributed by atoms with Gasteiger partial charge in [0.25, 0.3) is 0 Å². The van der Waals surface area contributed by atoms with Crippen LogP contribution in [0.3, 0.4) is 0 Å². The molecule has 0 atom stereocenters. The van der Waals surface area contributed by atoms with Crippen molar-refractivity contribution >= 4 is 16.6 Å². The number of carbonyl (C=O) groups is 1. The molecule has 0 amide bonds. The maximum Gasteiger partial charge on any atom is 0.347 e. The molecule has 0 aliphatic carbocycles. The zero-order chi connectivity index (χ0) is 13.7. The number of hydrogen-bond donors (Lipinski definition) is 0. The van der Waals surface area contributed by atoms with E-state index in [1.165, 1.54) is 0 Å². The van der Waals surface area contributed by atoms with Crippen LogP contribution in [0.4, 0.5) is 0 Å². The van der Waals surface area contributed by atoms with E-state index in [-0.39, 0.29) is 5.78 Å². The Hall–Kier alpha value is -2.36.